The fourth-order valence-corrected chi connectivity index (χ4v) is 3.86. The summed E-state index contributed by atoms with van der Waals surface area (Å²) in [5.74, 6) is -1.15. The predicted octanol–water partition coefficient (Wildman–Crippen LogP) is 1.68. The van der Waals surface area contributed by atoms with Crippen molar-refractivity contribution in [2.75, 3.05) is 12.4 Å². The third kappa shape index (κ3) is 2.06. The van der Waals surface area contributed by atoms with Gasteiger partial charge < -0.3 is 20.5 Å². The number of rotatable bonds is 1. The lowest BCUT2D eigenvalue weighted by molar-refractivity contribution is -0.138. The van der Waals surface area contributed by atoms with Crippen molar-refractivity contribution in [1.82, 2.24) is 10.2 Å². The summed E-state index contributed by atoms with van der Waals surface area (Å²) in [6.07, 6.45) is 0. The highest BCUT2D eigenvalue weighted by Crippen LogP contribution is 2.55. The van der Waals surface area contributed by atoms with Gasteiger partial charge in [-0.1, -0.05) is 39.0 Å². The topological polar surface area (TPSA) is 119 Å². The fraction of sp³-hybridized carbons (Fsp3) is 0.316. The van der Waals surface area contributed by atoms with E-state index in [-0.39, 0.29) is 17.3 Å². The fourth-order valence-electron chi connectivity index (χ4n) is 3.86. The molecule has 2 aliphatic rings. The highest BCUT2D eigenvalue weighted by molar-refractivity contribution is 6.17. The number of amides is 1. The van der Waals surface area contributed by atoms with Crippen LogP contribution in [0.3, 0.4) is 0 Å². The summed E-state index contributed by atoms with van der Waals surface area (Å²) >= 11 is 0. The molecule has 140 valence electrons. The van der Waals surface area contributed by atoms with E-state index in [4.69, 9.17) is 15.2 Å². The van der Waals surface area contributed by atoms with Crippen molar-refractivity contribution < 1.29 is 19.1 Å². The van der Waals surface area contributed by atoms with Crippen molar-refractivity contribution in [3.63, 3.8) is 0 Å². The first-order valence-electron chi connectivity index (χ1n) is 8.49. The van der Waals surface area contributed by atoms with Gasteiger partial charge in [-0.25, -0.2) is 4.79 Å². The Labute approximate surface area is 155 Å². The summed E-state index contributed by atoms with van der Waals surface area (Å²) in [7, 11) is 1.24. The number of aromatic amines is 1. The monoisotopic (exact) mass is 368 g/mol. The Morgan fingerprint density at radius 3 is 2.67 bits per heavy atom. The minimum Gasteiger partial charge on any atom is -0.465 e. The maximum absolute atomic E-state index is 13.4. The molecule has 0 aliphatic carbocycles. The lowest BCUT2D eigenvalue weighted by Crippen LogP contribution is -2.46. The molecule has 2 aliphatic heterocycles. The summed E-state index contributed by atoms with van der Waals surface area (Å²) in [5.41, 5.74) is 6.50. The van der Waals surface area contributed by atoms with E-state index in [0.29, 0.717) is 22.5 Å². The molecule has 1 unspecified atom stereocenters. The number of methoxy groups -OCH3 is 1. The van der Waals surface area contributed by atoms with Gasteiger partial charge >= 0.3 is 5.97 Å². The Morgan fingerprint density at radius 1 is 1.30 bits per heavy atom. The van der Waals surface area contributed by atoms with Gasteiger partial charge in [0.15, 0.2) is 0 Å². The van der Waals surface area contributed by atoms with Crippen LogP contribution in [0.2, 0.25) is 0 Å². The van der Waals surface area contributed by atoms with Crippen LogP contribution >= 0.6 is 0 Å². The number of fused-ring (bicyclic) bond motifs is 4. The van der Waals surface area contributed by atoms with Crippen LogP contribution in [0.1, 0.15) is 37.6 Å². The molecule has 8 nitrogen and oxygen atoms in total. The number of anilines is 1. The summed E-state index contributed by atoms with van der Waals surface area (Å²) < 4.78 is 10.6. The quantitative estimate of drug-likeness (QED) is 0.659. The summed E-state index contributed by atoms with van der Waals surface area (Å²) in [4.78, 5) is 26.2. The second-order valence-corrected chi connectivity index (χ2v) is 7.61. The Balaban J connectivity index is 2.17. The number of esters is 1. The number of ether oxygens (including phenoxy) is 2. The number of aromatic nitrogens is 2. The van der Waals surface area contributed by atoms with Crippen LogP contribution in [0.25, 0.3) is 0 Å². The number of benzene rings is 1. The number of nitrogens with zero attached hydrogens (tertiary/aromatic N) is 1. The van der Waals surface area contributed by atoms with Gasteiger partial charge in [0.05, 0.1) is 12.7 Å². The molecule has 0 saturated carbocycles. The van der Waals surface area contributed by atoms with Gasteiger partial charge in [0.1, 0.15) is 11.0 Å². The van der Waals surface area contributed by atoms with Gasteiger partial charge in [-0.3, -0.25) is 9.89 Å². The molecule has 4 N–H and O–H groups in total. The van der Waals surface area contributed by atoms with Gasteiger partial charge in [-0.15, -0.1) is 5.10 Å². The van der Waals surface area contributed by atoms with Crippen LogP contribution in [0.4, 0.5) is 5.69 Å². The van der Waals surface area contributed by atoms with Crippen molar-refractivity contribution in [1.29, 1.82) is 0 Å². The zero-order valence-corrected chi connectivity index (χ0v) is 15.5. The average Bonchev–Trinajstić information content (AvgIpc) is 3.15. The Morgan fingerprint density at radius 2 is 2.00 bits per heavy atom. The van der Waals surface area contributed by atoms with Crippen LogP contribution in [0.15, 0.2) is 35.7 Å². The first kappa shape index (κ1) is 17.1. The van der Waals surface area contributed by atoms with Gasteiger partial charge in [-0.05, 0) is 6.07 Å². The average molecular weight is 368 g/mol. The number of carbonyl (C=O) groups excluding carboxylic acids is 2. The van der Waals surface area contributed by atoms with Gasteiger partial charge in [0.25, 0.3) is 0 Å². The maximum Gasteiger partial charge on any atom is 0.340 e. The normalized spacial score (nSPS) is 20.8. The second-order valence-electron chi connectivity index (χ2n) is 7.61. The van der Waals surface area contributed by atoms with Crippen molar-refractivity contribution in [2.24, 2.45) is 5.73 Å². The van der Waals surface area contributed by atoms with Gasteiger partial charge in [-0.2, -0.15) is 0 Å². The Hall–Kier alpha value is -3.29. The molecule has 0 fully saturated rings. The SMILES string of the molecule is COC(=O)C1=C(N)Oc2n[nH]c(C(C)(C)C)c2C12C(=O)Nc1ccccc12. The zero-order valence-electron chi connectivity index (χ0n) is 15.5. The van der Waals surface area contributed by atoms with E-state index in [0.717, 1.165) is 0 Å². The zero-order chi connectivity index (χ0) is 19.6. The number of nitrogens with one attached hydrogen (secondary N) is 2. The highest BCUT2D eigenvalue weighted by Gasteiger charge is 2.61. The third-order valence-electron chi connectivity index (χ3n) is 5.00. The molecular formula is C19H20N4O4. The largest absolute Gasteiger partial charge is 0.465 e. The molecule has 8 heteroatoms. The summed E-state index contributed by atoms with van der Waals surface area (Å²) in [6, 6.07) is 7.18. The van der Waals surface area contributed by atoms with Crippen LogP contribution in [0, 0.1) is 0 Å². The number of H-pyrrole nitrogens is 1. The minimum absolute atomic E-state index is 0.0492. The van der Waals surface area contributed by atoms with Crippen LogP contribution < -0.4 is 15.8 Å². The highest BCUT2D eigenvalue weighted by atomic mass is 16.5. The van der Waals surface area contributed by atoms with E-state index in [1.165, 1.54) is 7.11 Å². The van der Waals surface area contributed by atoms with Crippen molar-refractivity contribution in [2.45, 2.75) is 31.6 Å². The molecule has 3 heterocycles. The molecule has 1 amide bonds. The molecule has 1 atom stereocenters. The number of hydrogen-bond donors (Lipinski definition) is 3. The first-order valence-corrected chi connectivity index (χ1v) is 8.49. The molecule has 0 saturated heterocycles. The smallest absolute Gasteiger partial charge is 0.340 e. The van der Waals surface area contributed by atoms with Crippen molar-refractivity contribution in [3.8, 4) is 5.88 Å². The van der Waals surface area contributed by atoms with Crippen LogP contribution in [-0.4, -0.2) is 29.2 Å². The van der Waals surface area contributed by atoms with E-state index in [1.54, 1.807) is 18.2 Å². The van der Waals surface area contributed by atoms with Gasteiger partial charge in [0.2, 0.25) is 17.7 Å². The summed E-state index contributed by atoms with van der Waals surface area (Å²) in [5, 5.41) is 10.1. The van der Waals surface area contributed by atoms with E-state index in [9.17, 15) is 9.59 Å². The lowest BCUT2D eigenvalue weighted by Gasteiger charge is -2.35. The molecule has 0 bridgehead atoms. The Kier molecular flexibility index (Phi) is 3.40. The van der Waals surface area contributed by atoms with Gasteiger partial charge in [0, 0.05) is 22.4 Å². The number of nitrogens with two attached hydrogens (primary N) is 1. The van der Waals surface area contributed by atoms with Crippen molar-refractivity contribution in [3.05, 3.63) is 52.5 Å². The molecule has 1 aromatic heterocycles. The molecule has 1 aromatic carbocycles. The minimum atomic E-state index is -1.50. The van der Waals surface area contributed by atoms with Crippen LogP contribution in [0.5, 0.6) is 5.88 Å². The molecule has 0 radical (unpaired) electrons. The number of para-hydroxylation sites is 1. The summed E-state index contributed by atoms with van der Waals surface area (Å²) in [6.45, 7) is 5.94. The number of carbonyl (C=O) groups is 2. The third-order valence-corrected chi connectivity index (χ3v) is 5.00. The molecule has 1 spiro atoms. The molecular weight excluding hydrogens is 348 g/mol. The number of hydrogen-bond acceptors (Lipinski definition) is 6. The second kappa shape index (κ2) is 5.35. The Bertz CT molecular complexity index is 1010. The van der Waals surface area contributed by atoms with Crippen LogP contribution in [-0.2, 0) is 25.2 Å². The van der Waals surface area contributed by atoms with Crippen molar-refractivity contribution >= 4 is 17.6 Å². The standard InChI is InChI=1S/C19H20N4O4/c1-18(2,3)13-11-15(23-22-13)27-14(20)12(16(24)26-4)19(11)9-7-5-6-8-10(9)21-17(19)25/h5-8H,20H2,1-4H3,(H,21,25)(H,22,23). The predicted molar refractivity (Wildman–Crippen MR) is 97.0 cm³/mol. The van der Waals surface area contributed by atoms with E-state index >= 15 is 0 Å². The molecule has 27 heavy (non-hydrogen) atoms. The molecule has 4 rings (SSSR count). The van der Waals surface area contributed by atoms with E-state index in [1.807, 2.05) is 26.8 Å². The molecule has 2 aromatic rings. The maximum atomic E-state index is 13.4. The van der Waals surface area contributed by atoms with E-state index < -0.39 is 22.7 Å². The lowest BCUT2D eigenvalue weighted by atomic mass is 9.66. The van der Waals surface area contributed by atoms with E-state index in [2.05, 4.69) is 15.5 Å². The first-order chi connectivity index (χ1) is 12.7.